The van der Waals surface area contributed by atoms with E-state index in [1.54, 1.807) is 0 Å². The van der Waals surface area contributed by atoms with Crippen LogP contribution in [0.3, 0.4) is 0 Å². The molecule has 3 heterocycles. The molecule has 14 nitrogen and oxygen atoms in total. The van der Waals surface area contributed by atoms with E-state index in [-0.39, 0.29) is 29.3 Å². The molecule has 0 amide bonds. The van der Waals surface area contributed by atoms with E-state index in [1.807, 2.05) is 0 Å². The third-order valence-corrected chi connectivity index (χ3v) is 13.5. The fourth-order valence-electron chi connectivity index (χ4n) is 10.6. The number of carbonyl (C=O) groups excluding carboxylic acids is 1. The van der Waals surface area contributed by atoms with E-state index in [2.05, 4.69) is 19.9 Å². The van der Waals surface area contributed by atoms with Gasteiger partial charge in [-0.2, -0.15) is 0 Å². The molecule has 7 aliphatic rings. The molecule has 7 rings (SSSR count). The quantitative estimate of drug-likeness (QED) is 0.127. The van der Waals surface area contributed by atoms with E-state index < -0.39 is 85.6 Å². The van der Waals surface area contributed by atoms with E-state index in [4.69, 9.17) is 23.7 Å². The predicted octanol–water partition coefficient (Wildman–Crippen LogP) is -0.683. The van der Waals surface area contributed by atoms with E-state index >= 15 is 0 Å². The molecular formula is C35H52O14. The Morgan fingerprint density at radius 3 is 2.20 bits per heavy atom. The van der Waals surface area contributed by atoms with Gasteiger partial charge in [-0.05, 0) is 74.2 Å². The highest BCUT2D eigenvalue weighted by molar-refractivity contribution is 5.76. The van der Waals surface area contributed by atoms with Crippen molar-refractivity contribution in [2.45, 2.75) is 145 Å². The minimum absolute atomic E-state index is 0.0733. The second kappa shape index (κ2) is 13.2. The van der Waals surface area contributed by atoms with Crippen molar-refractivity contribution >= 4 is 5.97 Å². The first-order valence-corrected chi connectivity index (χ1v) is 17.8. The summed E-state index contributed by atoms with van der Waals surface area (Å²) in [7, 11) is 0. The van der Waals surface area contributed by atoms with Crippen molar-refractivity contribution in [2.75, 3.05) is 19.8 Å². The molecule has 0 bridgehead atoms. The molecule has 0 aromatic carbocycles. The normalized spacial score (nSPS) is 53.0. The van der Waals surface area contributed by atoms with Gasteiger partial charge in [0.05, 0.1) is 31.3 Å². The van der Waals surface area contributed by atoms with Gasteiger partial charge in [-0.25, -0.2) is 0 Å². The van der Waals surface area contributed by atoms with Gasteiger partial charge in [0.15, 0.2) is 12.6 Å². The number of hydrogen-bond donors (Lipinski definition) is 8. The van der Waals surface area contributed by atoms with Crippen LogP contribution in [0.4, 0.5) is 0 Å². The van der Waals surface area contributed by atoms with E-state index in [0.29, 0.717) is 32.3 Å². The first-order valence-electron chi connectivity index (χ1n) is 17.8. The Balaban J connectivity index is 1.05. The number of ether oxygens (including phenoxy) is 5. The van der Waals surface area contributed by atoms with Crippen molar-refractivity contribution in [2.24, 2.45) is 22.7 Å². The zero-order chi connectivity index (χ0) is 35.0. The van der Waals surface area contributed by atoms with Gasteiger partial charge in [0.1, 0.15) is 55.4 Å². The second-order valence-corrected chi connectivity index (χ2v) is 15.8. The minimum Gasteiger partial charge on any atom is -0.461 e. The SMILES string of the molecule is C[C@@]12CC[C@@H]3[C@H](CC=C4C[C@@H](O[C@H]5O[C@@H](CO)[C@H](O)[C@@H](O[C@@H]6O[C@H](CO)[C@@H](O)[C@@H](O)[C@@H]6O)[C@@H]5O)CC[C@]43C)[C@@]1(O)CC/C2=C1\COC(=O)C1. The summed E-state index contributed by atoms with van der Waals surface area (Å²) in [5.74, 6) is 0.140. The molecule has 0 unspecified atom stereocenters. The lowest BCUT2D eigenvalue weighted by Gasteiger charge is -2.60. The Bertz CT molecular complexity index is 1330. The average Bonchev–Trinajstić information content (AvgIpc) is 3.63. The van der Waals surface area contributed by atoms with Crippen molar-refractivity contribution in [3.8, 4) is 0 Å². The highest BCUT2D eigenvalue weighted by Gasteiger charge is 2.65. The second-order valence-electron chi connectivity index (χ2n) is 15.8. The number of carbonyl (C=O) groups is 1. The third-order valence-electron chi connectivity index (χ3n) is 13.5. The van der Waals surface area contributed by atoms with Gasteiger partial charge in [-0.3, -0.25) is 4.79 Å². The molecule has 276 valence electrons. The van der Waals surface area contributed by atoms with Crippen LogP contribution in [-0.2, 0) is 28.5 Å². The lowest BCUT2D eigenvalue weighted by molar-refractivity contribution is -0.364. The number of rotatable bonds is 6. The number of esters is 1. The van der Waals surface area contributed by atoms with Crippen LogP contribution < -0.4 is 0 Å². The maximum Gasteiger partial charge on any atom is 0.310 e. The molecule has 49 heavy (non-hydrogen) atoms. The minimum atomic E-state index is -1.76. The lowest BCUT2D eigenvalue weighted by atomic mass is 9.46. The predicted molar refractivity (Wildman–Crippen MR) is 167 cm³/mol. The van der Waals surface area contributed by atoms with E-state index in [9.17, 15) is 45.6 Å². The summed E-state index contributed by atoms with van der Waals surface area (Å²) in [5.41, 5.74) is 2.06. The van der Waals surface area contributed by atoms with Crippen LogP contribution in [-0.4, -0.2) is 140 Å². The Morgan fingerprint density at radius 2 is 1.53 bits per heavy atom. The zero-order valence-electron chi connectivity index (χ0n) is 28.1. The maximum absolute atomic E-state index is 12.5. The topological polar surface area (TPSA) is 225 Å². The molecule has 0 aromatic rings. The maximum atomic E-state index is 12.5. The summed E-state index contributed by atoms with van der Waals surface area (Å²) in [4.78, 5) is 11.9. The Morgan fingerprint density at radius 1 is 0.837 bits per heavy atom. The number of hydrogen-bond acceptors (Lipinski definition) is 14. The number of cyclic esters (lactones) is 1. The molecule has 3 saturated carbocycles. The van der Waals surface area contributed by atoms with Crippen molar-refractivity contribution in [1.29, 1.82) is 0 Å². The average molecular weight is 697 g/mol. The number of aliphatic hydroxyl groups is 8. The van der Waals surface area contributed by atoms with Gasteiger partial charge < -0.3 is 64.5 Å². The van der Waals surface area contributed by atoms with Crippen LogP contribution >= 0.6 is 0 Å². The molecule has 3 saturated heterocycles. The molecule has 0 radical (unpaired) electrons. The van der Waals surface area contributed by atoms with Crippen molar-refractivity contribution in [3.05, 3.63) is 22.8 Å². The molecule has 8 N–H and O–H groups in total. The first kappa shape index (κ1) is 35.9. The fraction of sp³-hybridized carbons (Fsp3) is 0.857. The lowest BCUT2D eigenvalue weighted by Crippen LogP contribution is -2.65. The summed E-state index contributed by atoms with van der Waals surface area (Å²) in [6, 6.07) is 0. The summed E-state index contributed by atoms with van der Waals surface area (Å²) in [6.45, 7) is 3.48. The fourth-order valence-corrected chi connectivity index (χ4v) is 10.6. The van der Waals surface area contributed by atoms with Gasteiger partial charge >= 0.3 is 5.97 Å². The van der Waals surface area contributed by atoms with Crippen LogP contribution in [0, 0.1) is 22.7 Å². The van der Waals surface area contributed by atoms with Crippen LogP contribution in [0.25, 0.3) is 0 Å². The zero-order valence-corrected chi connectivity index (χ0v) is 28.1. The van der Waals surface area contributed by atoms with Crippen LogP contribution in [0.5, 0.6) is 0 Å². The monoisotopic (exact) mass is 696 g/mol. The van der Waals surface area contributed by atoms with Crippen LogP contribution in [0.2, 0.25) is 0 Å². The van der Waals surface area contributed by atoms with Gasteiger partial charge in [0, 0.05) is 5.41 Å². The molecule has 0 spiro atoms. The standard InChI is InChI=1S/C35H52O14/c1-33-8-5-18(46-32-29(43)30(26(40)23(14-37)48-32)49-31-28(42)27(41)25(39)22(13-36)47-31)12-17(33)3-4-21-20(33)6-9-34(2)19(7-10-35(21,34)44)16-11-24(38)45-15-16/h3,18,20-23,25-32,36-37,39-44H,4-15H2,1-2H3/b19-16+/t18-,20+,21-,22+,23-,25+,26-,27+,28-,29-,30+,31-,32-,33+,34-,35-/m0/s1. The molecule has 6 fully saturated rings. The van der Waals surface area contributed by atoms with Crippen LogP contribution in [0.1, 0.15) is 71.6 Å². The highest BCUT2D eigenvalue weighted by Crippen LogP contribution is 2.68. The molecular weight excluding hydrogens is 644 g/mol. The van der Waals surface area contributed by atoms with E-state index in [1.165, 1.54) is 11.1 Å². The largest absolute Gasteiger partial charge is 0.461 e. The molecule has 16 atom stereocenters. The molecule has 3 aliphatic heterocycles. The van der Waals surface area contributed by atoms with Crippen LogP contribution in [0.15, 0.2) is 22.8 Å². The third kappa shape index (κ3) is 5.66. The van der Waals surface area contributed by atoms with Gasteiger partial charge in [0.2, 0.25) is 0 Å². The van der Waals surface area contributed by atoms with E-state index in [0.717, 1.165) is 37.7 Å². The molecule has 14 heteroatoms. The number of fused-ring (bicyclic) bond motifs is 5. The summed E-state index contributed by atoms with van der Waals surface area (Å²) in [5, 5.41) is 85.0. The Kier molecular flexibility index (Phi) is 9.62. The highest BCUT2D eigenvalue weighted by atomic mass is 16.7. The Labute approximate surface area is 285 Å². The summed E-state index contributed by atoms with van der Waals surface area (Å²) in [6.07, 6.45) is -6.93. The van der Waals surface area contributed by atoms with Crippen molar-refractivity contribution in [1.82, 2.24) is 0 Å². The van der Waals surface area contributed by atoms with Gasteiger partial charge in [0.25, 0.3) is 0 Å². The first-order chi connectivity index (χ1) is 23.3. The van der Waals surface area contributed by atoms with Crippen molar-refractivity contribution < 1.29 is 69.3 Å². The van der Waals surface area contributed by atoms with Gasteiger partial charge in [-0.1, -0.05) is 31.1 Å². The molecule has 4 aliphatic carbocycles. The number of aliphatic hydroxyl groups excluding tert-OH is 7. The van der Waals surface area contributed by atoms with Gasteiger partial charge in [-0.15, -0.1) is 0 Å². The van der Waals surface area contributed by atoms with Crippen molar-refractivity contribution in [3.63, 3.8) is 0 Å². The molecule has 0 aromatic heterocycles. The number of allylic oxidation sites excluding steroid dienone is 1. The summed E-state index contributed by atoms with van der Waals surface area (Å²) >= 11 is 0. The summed E-state index contributed by atoms with van der Waals surface area (Å²) < 4.78 is 28.6. The Hall–Kier alpha value is -1.53. The smallest absolute Gasteiger partial charge is 0.310 e.